The predicted molar refractivity (Wildman–Crippen MR) is 60.0 cm³/mol. The molecule has 0 saturated carbocycles. The summed E-state index contributed by atoms with van der Waals surface area (Å²) < 4.78 is 0. The highest BCUT2D eigenvalue weighted by Crippen LogP contribution is 2.18. The minimum absolute atomic E-state index is 0.609. The average Bonchev–Trinajstić information content (AvgIpc) is 2.48. The van der Waals surface area contributed by atoms with Crippen LogP contribution in [0.3, 0.4) is 0 Å². The predicted octanol–water partition coefficient (Wildman–Crippen LogP) is 2.96. The van der Waals surface area contributed by atoms with Crippen molar-refractivity contribution in [3.8, 4) is 0 Å². The second-order valence-corrected chi connectivity index (χ2v) is 3.98. The van der Waals surface area contributed by atoms with Crippen LogP contribution in [0.25, 0.3) is 11.0 Å². The van der Waals surface area contributed by atoms with E-state index in [1.165, 1.54) is 11.1 Å². The van der Waals surface area contributed by atoms with Gasteiger partial charge in [-0.2, -0.15) is 0 Å². The topological polar surface area (TPSA) is 28.7 Å². The summed E-state index contributed by atoms with van der Waals surface area (Å²) >= 11 is 5.67. The van der Waals surface area contributed by atoms with E-state index in [1.54, 1.807) is 0 Å². The molecule has 14 heavy (non-hydrogen) atoms. The van der Waals surface area contributed by atoms with Crippen LogP contribution >= 0.6 is 11.6 Å². The zero-order valence-electron chi connectivity index (χ0n) is 8.39. The summed E-state index contributed by atoms with van der Waals surface area (Å²) in [5.74, 6) is 1.58. The molecule has 0 fully saturated rings. The molecule has 0 saturated heterocycles. The van der Waals surface area contributed by atoms with Crippen molar-refractivity contribution in [2.75, 3.05) is 5.88 Å². The van der Waals surface area contributed by atoms with Crippen LogP contribution in [0, 0.1) is 13.8 Å². The fourth-order valence-corrected chi connectivity index (χ4v) is 1.91. The number of halogens is 1. The molecule has 0 aliphatic heterocycles. The van der Waals surface area contributed by atoms with Gasteiger partial charge in [-0.15, -0.1) is 11.6 Å². The number of hydrogen-bond acceptors (Lipinski definition) is 1. The summed E-state index contributed by atoms with van der Waals surface area (Å²) in [5.41, 5.74) is 4.66. The Bertz CT molecular complexity index is 460. The van der Waals surface area contributed by atoms with Gasteiger partial charge in [0, 0.05) is 12.3 Å². The quantitative estimate of drug-likeness (QED) is 0.756. The first-order valence-electron chi connectivity index (χ1n) is 4.72. The van der Waals surface area contributed by atoms with E-state index >= 15 is 0 Å². The number of rotatable bonds is 2. The molecular weight excluding hydrogens is 196 g/mol. The van der Waals surface area contributed by atoms with Crippen LogP contribution in [-0.4, -0.2) is 15.8 Å². The normalized spacial score (nSPS) is 11.1. The number of alkyl halides is 1. The minimum atomic E-state index is 0.609. The highest BCUT2D eigenvalue weighted by molar-refractivity contribution is 6.17. The molecule has 2 nitrogen and oxygen atoms in total. The Morgan fingerprint density at radius 3 is 2.86 bits per heavy atom. The Morgan fingerprint density at radius 1 is 1.36 bits per heavy atom. The molecule has 1 aromatic carbocycles. The molecule has 0 atom stereocenters. The summed E-state index contributed by atoms with van der Waals surface area (Å²) in [6, 6.07) is 4.26. The molecule has 1 N–H and O–H groups in total. The van der Waals surface area contributed by atoms with Crippen molar-refractivity contribution in [1.29, 1.82) is 0 Å². The van der Waals surface area contributed by atoms with Crippen molar-refractivity contribution in [2.24, 2.45) is 0 Å². The number of fused-ring (bicyclic) bond motifs is 1. The van der Waals surface area contributed by atoms with Crippen molar-refractivity contribution in [1.82, 2.24) is 9.97 Å². The van der Waals surface area contributed by atoms with Crippen molar-refractivity contribution in [3.63, 3.8) is 0 Å². The van der Waals surface area contributed by atoms with E-state index in [0.717, 1.165) is 23.3 Å². The van der Waals surface area contributed by atoms with Crippen molar-refractivity contribution >= 4 is 22.6 Å². The summed E-state index contributed by atoms with van der Waals surface area (Å²) in [7, 11) is 0. The number of benzene rings is 1. The van der Waals surface area contributed by atoms with Crippen LogP contribution in [0.2, 0.25) is 0 Å². The SMILES string of the molecule is Cc1cc(C)c2nc(CCCl)[nH]c2c1. The van der Waals surface area contributed by atoms with E-state index in [9.17, 15) is 0 Å². The Labute approximate surface area is 88.3 Å². The van der Waals surface area contributed by atoms with Crippen LogP contribution in [0.15, 0.2) is 12.1 Å². The number of H-pyrrole nitrogens is 1. The molecule has 2 aromatic rings. The number of aryl methyl sites for hydroxylation is 3. The number of hydrogen-bond donors (Lipinski definition) is 1. The number of aromatic amines is 1. The Balaban J connectivity index is 2.58. The first-order valence-corrected chi connectivity index (χ1v) is 5.26. The van der Waals surface area contributed by atoms with E-state index in [4.69, 9.17) is 11.6 Å². The zero-order valence-corrected chi connectivity index (χ0v) is 9.15. The number of nitrogens with zero attached hydrogens (tertiary/aromatic N) is 1. The van der Waals surface area contributed by atoms with Gasteiger partial charge in [-0.3, -0.25) is 0 Å². The van der Waals surface area contributed by atoms with Gasteiger partial charge in [-0.05, 0) is 31.0 Å². The monoisotopic (exact) mass is 208 g/mol. The van der Waals surface area contributed by atoms with Crippen LogP contribution in [0.4, 0.5) is 0 Å². The summed E-state index contributed by atoms with van der Waals surface area (Å²) in [5, 5.41) is 0. The van der Waals surface area contributed by atoms with Gasteiger partial charge in [0.05, 0.1) is 11.0 Å². The molecule has 0 spiro atoms. The van der Waals surface area contributed by atoms with Crippen molar-refractivity contribution in [2.45, 2.75) is 20.3 Å². The number of nitrogens with one attached hydrogen (secondary N) is 1. The highest BCUT2D eigenvalue weighted by Gasteiger charge is 2.04. The van der Waals surface area contributed by atoms with E-state index in [0.29, 0.717) is 5.88 Å². The third-order valence-electron chi connectivity index (χ3n) is 2.30. The van der Waals surface area contributed by atoms with Gasteiger partial charge in [0.25, 0.3) is 0 Å². The molecule has 0 aliphatic rings. The Morgan fingerprint density at radius 2 is 2.14 bits per heavy atom. The molecule has 0 amide bonds. The molecule has 3 heteroatoms. The fourth-order valence-electron chi connectivity index (χ4n) is 1.73. The lowest BCUT2D eigenvalue weighted by Crippen LogP contribution is -1.87. The van der Waals surface area contributed by atoms with Gasteiger partial charge in [-0.1, -0.05) is 6.07 Å². The summed E-state index contributed by atoms with van der Waals surface area (Å²) in [6.07, 6.45) is 0.800. The maximum absolute atomic E-state index is 5.67. The van der Waals surface area contributed by atoms with E-state index in [2.05, 4.69) is 35.9 Å². The summed E-state index contributed by atoms with van der Waals surface area (Å²) in [6.45, 7) is 4.18. The van der Waals surface area contributed by atoms with E-state index in [1.807, 2.05) is 0 Å². The fraction of sp³-hybridized carbons (Fsp3) is 0.364. The smallest absolute Gasteiger partial charge is 0.108 e. The number of imidazole rings is 1. The molecule has 1 aromatic heterocycles. The van der Waals surface area contributed by atoms with Crippen LogP contribution < -0.4 is 0 Å². The van der Waals surface area contributed by atoms with Gasteiger partial charge >= 0.3 is 0 Å². The highest BCUT2D eigenvalue weighted by atomic mass is 35.5. The third-order valence-corrected chi connectivity index (χ3v) is 2.49. The van der Waals surface area contributed by atoms with Crippen LogP contribution in [0.1, 0.15) is 17.0 Å². The molecule has 0 bridgehead atoms. The maximum atomic E-state index is 5.67. The van der Waals surface area contributed by atoms with E-state index in [-0.39, 0.29) is 0 Å². The lowest BCUT2D eigenvalue weighted by molar-refractivity contribution is 1.01. The van der Waals surface area contributed by atoms with Gasteiger partial charge in [0.15, 0.2) is 0 Å². The molecule has 1 heterocycles. The second kappa shape index (κ2) is 3.62. The molecule has 74 valence electrons. The maximum Gasteiger partial charge on any atom is 0.108 e. The molecular formula is C11H13ClN2. The third kappa shape index (κ3) is 1.62. The standard InChI is InChI=1S/C11H13ClN2/c1-7-5-8(2)11-9(6-7)13-10(14-11)3-4-12/h5-6H,3-4H2,1-2H3,(H,13,14). The first kappa shape index (κ1) is 9.53. The lowest BCUT2D eigenvalue weighted by atomic mass is 10.1. The van der Waals surface area contributed by atoms with Crippen LogP contribution in [-0.2, 0) is 6.42 Å². The Kier molecular flexibility index (Phi) is 2.46. The lowest BCUT2D eigenvalue weighted by Gasteiger charge is -1.96. The molecule has 0 unspecified atom stereocenters. The summed E-state index contributed by atoms with van der Waals surface area (Å²) in [4.78, 5) is 7.79. The van der Waals surface area contributed by atoms with Crippen molar-refractivity contribution in [3.05, 3.63) is 29.1 Å². The van der Waals surface area contributed by atoms with Gasteiger partial charge in [0.1, 0.15) is 5.82 Å². The van der Waals surface area contributed by atoms with Crippen molar-refractivity contribution < 1.29 is 0 Å². The molecule has 0 aliphatic carbocycles. The number of aromatic nitrogens is 2. The van der Waals surface area contributed by atoms with Gasteiger partial charge in [-0.25, -0.2) is 4.98 Å². The minimum Gasteiger partial charge on any atom is -0.342 e. The van der Waals surface area contributed by atoms with Gasteiger partial charge < -0.3 is 4.98 Å². The van der Waals surface area contributed by atoms with E-state index < -0.39 is 0 Å². The molecule has 2 rings (SSSR count). The largest absolute Gasteiger partial charge is 0.342 e. The first-order chi connectivity index (χ1) is 6.70. The second-order valence-electron chi connectivity index (χ2n) is 3.60. The molecule has 0 radical (unpaired) electrons. The van der Waals surface area contributed by atoms with Crippen LogP contribution in [0.5, 0.6) is 0 Å². The van der Waals surface area contributed by atoms with Gasteiger partial charge in [0.2, 0.25) is 0 Å². The average molecular weight is 209 g/mol. The Hall–Kier alpha value is -1.02. The zero-order chi connectivity index (χ0) is 10.1.